The zero-order valence-corrected chi connectivity index (χ0v) is 16.7. The van der Waals surface area contributed by atoms with E-state index >= 15 is 0 Å². The summed E-state index contributed by atoms with van der Waals surface area (Å²) in [4.78, 5) is 24.8. The van der Waals surface area contributed by atoms with Gasteiger partial charge in [0.25, 0.3) is 11.8 Å². The van der Waals surface area contributed by atoms with Gasteiger partial charge in [0.1, 0.15) is 5.75 Å². The highest BCUT2D eigenvalue weighted by molar-refractivity contribution is 6.04. The van der Waals surface area contributed by atoms with Crippen molar-refractivity contribution in [2.45, 2.75) is 26.9 Å². The summed E-state index contributed by atoms with van der Waals surface area (Å²) in [5.41, 5.74) is 3.90. The molecular weight excluding hydrogens is 364 g/mol. The zero-order valence-electron chi connectivity index (χ0n) is 16.7. The average molecular weight is 388 g/mol. The van der Waals surface area contributed by atoms with Crippen molar-refractivity contribution < 1.29 is 14.3 Å². The quantitative estimate of drug-likeness (QED) is 0.627. The number of amides is 2. The van der Waals surface area contributed by atoms with Crippen molar-refractivity contribution >= 4 is 23.2 Å². The predicted octanol–water partition coefficient (Wildman–Crippen LogP) is 4.96. The number of carbonyl (C=O) groups is 2. The van der Waals surface area contributed by atoms with Crippen LogP contribution in [0.3, 0.4) is 0 Å². The number of ether oxygens (including phenoxy) is 1. The van der Waals surface area contributed by atoms with Gasteiger partial charge >= 0.3 is 0 Å². The van der Waals surface area contributed by atoms with Gasteiger partial charge in [0.05, 0.1) is 0 Å². The van der Waals surface area contributed by atoms with Crippen molar-refractivity contribution in [2.75, 3.05) is 10.6 Å². The van der Waals surface area contributed by atoms with Gasteiger partial charge in [0, 0.05) is 16.9 Å². The Bertz CT molecular complexity index is 998. The lowest BCUT2D eigenvalue weighted by atomic mass is 10.1. The van der Waals surface area contributed by atoms with Gasteiger partial charge in [-0.2, -0.15) is 0 Å². The molecule has 0 aliphatic carbocycles. The van der Waals surface area contributed by atoms with Gasteiger partial charge in [-0.25, -0.2) is 0 Å². The van der Waals surface area contributed by atoms with E-state index in [2.05, 4.69) is 10.6 Å². The molecule has 2 N–H and O–H groups in total. The number of hydrogen-bond donors (Lipinski definition) is 2. The topological polar surface area (TPSA) is 67.4 Å². The molecule has 0 heterocycles. The smallest absolute Gasteiger partial charge is 0.265 e. The van der Waals surface area contributed by atoms with E-state index in [1.165, 1.54) is 0 Å². The van der Waals surface area contributed by atoms with E-state index in [9.17, 15) is 9.59 Å². The van der Waals surface area contributed by atoms with Crippen molar-refractivity contribution in [1.29, 1.82) is 0 Å². The molecule has 0 aliphatic rings. The Morgan fingerprint density at radius 1 is 0.862 bits per heavy atom. The molecule has 0 aliphatic heterocycles. The minimum absolute atomic E-state index is 0.175. The Kier molecular flexibility index (Phi) is 6.29. The van der Waals surface area contributed by atoms with Crippen LogP contribution in [0, 0.1) is 13.8 Å². The maximum Gasteiger partial charge on any atom is 0.265 e. The highest BCUT2D eigenvalue weighted by Crippen LogP contribution is 2.21. The second-order valence-electron chi connectivity index (χ2n) is 6.91. The zero-order chi connectivity index (χ0) is 20.8. The van der Waals surface area contributed by atoms with Crippen molar-refractivity contribution in [3.8, 4) is 5.75 Å². The minimum atomic E-state index is -0.643. The second kappa shape index (κ2) is 9.06. The van der Waals surface area contributed by atoms with Crippen LogP contribution in [0.5, 0.6) is 5.75 Å². The Labute approximate surface area is 170 Å². The van der Waals surface area contributed by atoms with E-state index in [0.29, 0.717) is 22.7 Å². The van der Waals surface area contributed by atoms with Crippen LogP contribution >= 0.6 is 0 Å². The molecule has 29 heavy (non-hydrogen) atoms. The van der Waals surface area contributed by atoms with Gasteiger partial charge in [0.15, 0.2) is 6.10 Å². The van der Waals surface area contributed by atoms with Gasteiger partial charge in [-0.05, 0) is 68.8 Å². The molecule has 3 aromatic rings. The monoisotopic (exact) mass is 388 g/mol. The van der Waals surface area contributed by atoms with Gasteiger partial charge in [-0.15, -0.1) is 0 Å². The van der Waals surface area contributed by atoms with Crippen molar-refractivity contribution in [1.82, 2.24) is 0 Å². The first-order valence-corrected chi connectivity index (χ1v) is 9.43. The summed E-state index contributed by atoms with van der Waals surface area (Å²) in [6.45, 7) is 5.58. The van der Waals surface area contributed by atoms with Gasteiger partial charge in [-0.3, -0.25) is 9.59 Å². The fraction of sp³-hybridized carbons (Fsp3) is 0.167. The van der Waals surface area contributed by atoms with Crippen LogP contribution < -0.4 is 15.4 Å². The highest BCUT2D eigenvalue weighted by atomic mass is 16.5. The normalized spacial score (nSPS) is 11.4. The number of benzene rings is 3. The number of anilines is 2. The SMILES string of the molecule is Cc1ccc(OC(C)C(=O)Nc2ccc(NC(=O)c3ccccc3)c(C)c2)cc1. The third-order valence-corrected chi connectivity index (χ3v) is 4.48. The molecule has 0 spiro atoms. The Morgan fingerprint density at radius 2 is 1.55 bits per heavy atom. The molecule has 0 saturated carbocycles. The Hall–Kier alpha value is -3.60. The molecule has 1 unspecified atom stereocenters. The fourth-order valence-electron chi connectivity index (χ4n) is 2.78. The summed E-state index contributed by atoms with van der Waals surface area (Å²) in [6.07, 6.45) is -0.643. The fourth-order valence-corrected chi connectivity index (χ4v) is 2.78. The summed E-state index contributed by atoms with van der Waals surface area (Å²) < 4.78 is 5.69. The van der Waals surface area contributed by atoms with Crippen LogP contribution in [0.2, 0.25) is 0 Å². The lowest BCUT2D eigenvalue weighted by Gasteiger charge is -2.16. The van der Waals surface area contributed by atoms with Crippen LogP contribution in [-0.4, -0.2) is 17.9 Å². The number of aryl methyl sites for hydroxylation is 2. The van der Waals surface area contributed by atoms with E-state index in [-0.39, 0.29) is 11.8 Å². The highest BCUT2D eigenvalue weighted by Gasteiger charge is 2.15. The standard InChI is InChI=1S/C24H24N2O3/c1-16-9-12-21(13-10-16)29-18(3)23(27)25-20-11-14-22(17(2)15-20)26-24(28)19-7-5-4-6-8-19/h4-15,18H,1-3H3,(H,25,27)(H,26,28). The average Bonchev–Trinajstić information content (AvgIpc) is 2.72. The van der Waals surface area contributed by atoms with Crippen LogP contribution in [0.1, 0.15) is 28.4 Å². The summed E-state index contributed by atoms with van der Waals surface area (Å²) in [6, 6.07) is 21.9. The Balaban J connectivity index is 1.61. The van der Waals surface area contributed by atoms with Crippen LogP contribution in [0.4, 0.5) is 11.4 Å². The molecule has 0 bridgehead atoms. The Morgan fingerprint density at radius 3 is 2.21 bits per heavy atom. The summed E-state index contributed by atoms with van der Waals surface area (Å²) in [7, 11) is 0. The van der Waals surface area contributed by atoms with E-state index in [4.69, 9.17) is 4.74 Å². The predicted molar refractivity (Wildman–Crippen MR) is 115 cm³/mol. The molecule has 2 amide bonds. The summed E-state index contributed by atoms with van der Waals surface area (Å²) >= 11 is 0. The van der Waals surface area contributed by atoms with E-state index < -0.39 is 6.10 Å². The molecule has 0 radical (unpaired) electrons. The van der Waals surface area contributed by atoms with Crippen LogP contribution in [0.25, 0.3) is 0 Å². The van der Waals surface area contributed by atoms with Gasteiger partial charge in [-0.1, -0.05) is 35.9 Å². The molecule has 3 aromatic carbocycles. The molecule has 0 aromatic heterocycles. The minimum Gasteiger partial charge on any atom is -0.481 e. The number of carbonyl (C=O) groups excluding carboxylic acids is 2. The third kappa shape index (κ3) is 5.45. The number of rotatable bonds is 6. The molecular formula is C24H24N2O3. The van der Waals surface area contributed by atoms with Crippen LogP contribution in [0.15, 0.2) is 72.8 Å². The maximum atomic E-state index is 12.4. The third-order valence-electron chi connectivity index (χ3n) is 4.48. The lowest BCUT2D eigenvalue weighted by Crippen LogP contribution is -2.30. The second-order valence-corrected chi connectivity index (χ2v) is 6.91. The molecule has 5 nitrogen and oxygen atoms in total. The molecule has 3 rings (SSSR count). The summed E-state index contributed by atoms with van der Waals surface area (Å²) in [5, 5.41) is 5.74. The molecule has 0 saturated heterocycles. The first-order valence-electron chi connectivity index (χ1n) is 9.43. The first-order chi connectivity index (χ1) is 13.9. The van der Waals surface area contributed by atoms with Crippen molar-refractivity contribution in [2.24, 2.45) is 0 Å². The maximum absolute atomic E-state index is 12.4. The van der Waals surface area contributed by atoms with Gasteiger partial charge < -0.3 is 15.4 Å². The number of nitrogens with one attached hydrogen (secondary N) is 2. The first kappa shape index (κ1) is 20.1. The van der Waals surface area contributed by atoms with E-state index in [0.717, 1.165) is 11.1 Å². The molecule has 1 atom stereocenters. The van der Waals surface area contributed by atoms with Crippen molar-refractivity contribution in [3.05, 3.63) is 89.5 Å². The van der Waals surface area contributed by atoms with Crippen molar-refractivity contribution in [3.63, 3.8) is 0 Å². The van der Waals surface area contributed by atoms with E-state index in [1.54, 1.807) is 31.2 Å². The molecule has 0 fully saturated rings. The largest absolute Gasteiger partial charge is 0.481 e. The molecule has 148 valence electrons. The lowest BCUT2D eigenvalue weighted by molar-refractivity contribution is -0.122. The number of hydrogen-bond acceptors (Lipinski definition) is 3. The van der Waals surface area contributed by atoms with E-state index in [1.807, 2.05) is 62.4 Å². The van der Waals surface area contributed by atoms with Crippen LogP contribution in [-0.2, 0) is 4.79 Å². The van der Waals surface area contributed by atoms with Gasteiger partial charge in [0.2, 0.25) is 0 Å². The molecule has 5 heteroatoms. The summed E-state index contributed by atoms with van der Waals surface area (Å²) in [5.74, 6) is 0.227.